The molecule has 1 amide bonds. The third-order valence-corrected chi connectivity index (χ3v) is 3.48. The van der Waals surface area contributed by atoms with Crippen LogP contribution in [0.25, 0.3) is 0 Å². The highest BCUT2D eigenvalue weighted by Crippen LogP contribution is 2.27. The third-order valence-electron chi connectivity index (χ3n) is 3.48. The van der Waals surface area contributed by atoms with Gasteiger partial charge in [0, 0.05) is 23.4 Å². The maximum atomic E-state index is 14.1. The van der Waals surface area contributed by atoms with Gasteiger partial charge in [0.25, 0.3) is 0 Å². The number of rotatable bonds is 2. The Labute approximate surface area is 120 Å². The van der Waals surface area contributed by atoms with Crippen LogP contribution >= 0.6 is 0 Å². The number of halogens is 1. The molecule has 1 heterocycles. The maximum absolute atomic E-state index is 14.1. The number of nitrogen functional groups attached to an aromatic ring is 1. The quantitative estimate of drug-likeness (QED) is 0.657. The number of benzene rings is 2. The Bertz CT molecular complexity index is 756. The molecule has 0 aromatic heterocycles. The van der Waals surface area contributed by atoms with Gasteiger partial charge in [0.15, 0.2) is 5.78 Å². The van der Waals surface area contributed by atoms with Crippen LogP contribution in [0.5, 0.6) is 0 Å². The molecule has 0 fully saturated rings. The lowest BCUT2D eigenvalue weighted by atomic mass is 9.95. The molecule has 2 aromatic rings. The van der Waals surface area contributed by atoms with Crippen LogP contribution in [-0.2, 0) is 11.2 Å². The van der Waals surface area contributed by atoms with E-state index in [1.54, 1.807) is 18.2 Å². The lowest BCUT2D eigenvalue weighted by Crippen LogP contribution is -2.20. The first-order chi connectivity index (χ1) is 10.0. The smallest absolute Gasteiger partial charge is 0.224 e. The fourth-order valence-electron chi connectivity index (χ4n) is 2.41. The molecule has 4 nitrogen and oxygen atoms in total. The molecule has 0 bridgehead atoms. The molecule has 21 heavy (non-hydrogen) atoms. The number of nitrogens with one attached hydrogen (secondary N) is 1. The van der Waals surface area contributed by atoms with E-state index in [1.165, 1.54) is 18.2 Å². The number of amides is 1. The van der Waals surface area contributed by atoms with Crippen LogP contribution in [0, 0.1) is 5.82 Å². The van der Waals surface area contributed by atoms with Gasteiger partial charge >= 0.3 is 0 Å². The minimum atomic E-state index is -0.650. The second kappa shape index (κ2) is 5.01. The van der Waals surface area contributed by atoms with Gasteiger partial charge in [-0.05, 0) is 36.2 Å². The summed E-state index contributed by atoms with van der Waals surface area (Å²) in [6.07, 6.45) is 0.837. The molecule has 0 aliphatic carbocycles. The number of fused-ring (bicyclic) bond motifs is 1. The Morgan fingerprint density at radius 1 is 1.19 bits per heavy atom. The summed E-state index contributed by atoms with van der Waals surface area (Å²) in [7, 11) is 0. The van der Waals surface area contributed by atoms with Gasteiger partial charge < -0.3 is 11.1 Å². The van der Waals surface area contributed by atoms with E-state index in [0.717, 1.165) is 5.56 Å². The predicted molar refractivity (Wildman–Crippen MR) is 77.6 cm³/mol. The zero-order chi connectivity index (χ0) is 15.0. The van der Waals surface area contributed by atoms with Gasteiger partial charge in [-0.1, -0.05) is 12.1 Å². The summed E-state index contributed by atoms with van der Waals surface area (Å²) in [5, 5.41) is 2.61. The highest BCUT2D eigenvalue weighted by atomic mass is 19.1. The predicted octanol–water partition coefficient (Wildman–Crippen LogP) is 2.52. The summed E-state index contributed by atoms with van der Waals surface area (Å²) in [5.41, 5.74) is 7.64. The molecule has 1 aliphatic heterocycles. The summed E-state index contributed by atoms with van der Waals surface area (Å²) in [5.74, 6) is -1.21. The van der Waals surface area contributed by atoms with Crippen LogP contribution < -0.4 is 11.1 Å². The average Bonchev–Trinajstić information content (AvgIpc) is 2.45. The van der Waals surface area contributed by atoms with E-state index in [9.17, 15) is 14.0 Å². The Balaban J connectivity index is 2.03. The van der Waals surface area contributed by atoms with Crippen molar-refractivity contribution in [1.82, 2.24) is 0 Å². The van der Waals surface area contributed by atoms with E-state index in [0.29, 0.717) is 29.8 Å². The zero-order valence-electron chi connectivity index (χ0n) is 11.2. The Morgan fingerprint density at radius 3 is 2.76 bits per heavy atom. The van der Waals surface area contributed by atoms with Crippen molar-refractivity contribution in [1.29, 1.82) is 0 Å². The lowest BCUT2D eigenvalue weighted by Gasteiger charge is -2.18. The fraction of sp³-hybridized carbons (Fsp3) is 0.125. The van der Waals surface area contributed by atoms with Crippen LogP contribution in [-0.4, -0.2) is 11.7 Å². The summed E-state index contributed by atoms with van der Waals surface area (Å²) >= 11 is 0. The van der Waals surface area contributed by atoms with Crippen molar-refractivity contribution in [2.75, 3.05) is 11.1 Å². The molecule has 5 heteroatoms. The van der Waals surface area contributed by atoms with Crippen LogP contribution in [0.3, 0.4) is 0 Å². The van der Waals surface area contributed by atoms with Crippen LogP contribution in [0.1, 0.15) is 27.9 Å². The first-order valence-electron chi connectivity index (χ1n) is 6.57. The summed E-state index contributed by atoms with van der Waals surface area (Å²) in [4.78, 5) is 23.7. The number of carbonyl (C=O) groups is 2. The Hall–Kier alpha value is -2.69. The van der Waals surface area contributed by atoms with E-state index in [-0.39, 0.29) is 11.5 Å². The molecular formula is C16H13FN2O2. The van der Waals surface area contributed by atoms with Gasteiger partial charge in [0.2, 0.25) is 5.91 Å². The van der Waals surface area contributed by atoms with E-state index < -0.39 is 11.6 Å². The molecule has 0 radical (unpaired) electrons. The van der Waals surface area contributed by atoms with Crippen molar-refractivity contribution in [2.45, 2.75) is 12.8 Å². The average molecular weight is 284 g/mol. The highest BCUT2D eigenvalue weighted by Gasteiger charge is 2.21. The van der Waals surface area contributed by atoms with E-state index in [1.807, 2.05) is 0 Å². The molecular weight excluding hydrogens is 271 g/mol. The largest absolute Gasteiger partial charge is 0.399 e. The first-order valence-corrected chi connectivity index (χ1v) is 6.57. The molecule has 3 rings (SSSR count). The third kappa shape index (κ3) is 2.50. The van der Waals surface area contributed by atoms with Gasteiger partial charge in [0.1, 0.15) is 5.82 Å². The summed E-state index contributed by atoms with van der Waals surface area (Å²) in [6.45, 7) is 0. The van der Waals surface area contributed by atoms with Crippen LogP contribution in [0.4, 0.5) is 15.8 Å². The number of anilines is 2. The molecule has 0 unspecified atom stereocenters. The van der Waals surface area contributed by atoms with Gasteiger partial charge in [-0.3, -0.25) is 9.59 Å². The van der Waals surface area contributed by atoms with Crippen molar-refractivity contribution in [3.05, 3.63) is 58.9 Å². The van der Waals surface area contributed by atoms with E-state index in [4.69, 9.17) is 5.73 Å². The van der Waals surface area contributed by atoms with Crippen molar-refractivity contribution in [3.8, 4) is 0 Å². The van der Waals surface area contributed by atoms with E-state index in [2.05, 4.69) is 5.32 Å². The molecule has 0 atom stereocenters. The molecule has 0 spiro atoms. The first kappa shape index (κ1) is 13.3. The van der Waals surface area contributed by atoms with Crippen molar-refractivity contribution < 1.29 is 14.0 Å². The molecule has 0 saturated carbocycles. The Kier molecular flexibility index (Phi) is 3.17. The zero-order valence-corrected chi connectivity index (χ0v) is 11.2. The normalized spacial score (nSPS) is 13.5. The number of nitrogens with two attached hydrogens (primary N) is 1. The summed E-state index contributed by atoms with van der Waals surface area (Å²) < 4.78 is 14.1. The summed E-state index contributed by atoms with van der Waals surface area (Å²) in [6, 6.07) is 9.14. The number of hydrogen-bond acceptors (Lipinski definition) is 3. The second-order valence-electron chi connectivity index (χ2n) is 4.99. The molecule has 3 N–H and O–H groups in total. The standard InChI is InChI=1S/C16H13FN2O2/c17-13-8-14-9(4-5-15(20)19-14)7-12(13)16(21)10-2-1-3-11(18)6-10/h1-3,6-8H,4-5,18H2,(H,19,20). The number of carbonyl (C=O) groups excluding carboxylic acids is 2. The number of aryl methyl sites for hydroxylation is 1. The maximum Gasteiger partial charge on any atom is 0.224 e. The topological polar surface area (TPSA) is 72.2 Å². The van der Waals surface area contributed by atoms with Crippen LogP contribution in [0.15, 0.2) is 36.4 Å². The van der Waals surface area contributed by atoms with Gasteiger partial charge in [0.05, 0.1) is 5.56 Å². The van der Waals surface area contributed by atoms with Gasteiger partial charge in [-0.15, -0.1) is 0 Å². The van der Waals surface area contributed by atoms with E-state index >= 15 is 0 Å². The molecule has 1 aliphatic rings. The van der Waals surface area contributed by atoms with Crippen LogP contribution in [0.2, 0.25) is 0 Å². The second-order valence-corrected chi connectivity index (χ2v) is 4.99. The monoisotopic (exact) mass is 284 g/mol. The van der Waals surface area contributed by atoms with Crippen molar-refractivity contribution in [3.63, 3.8) is 0 Å². The van der Waals surface area contributed by atoms with Crippen molar-refractivity contribution in [2.24, 2.45) is 0 Å². The molecule has 2 aromatic carbocycles. The fourth-order valence-corrected chi connectivity index (χ4v) is 2.41. The highest BCUT2D eigenvalue weighted by molar-refractivity contribution is 6.10. The van der Waals surface area contributed by atoms with Crippen molar-refractivity contribution >= 4 is 23.1 Å². The SMILES string of the molecule is Nc1cccc(C(=O)c2cc3c(cc2F)NC(=O)CC3)c1. The van der Waals surface area contributed by atoms with Gasteiger partial charge in [-0.25, -0.2) is 4.39 Å². The minimum Gasteiger partial charge on any atom is -0.399 e. The minimum absolute atomic E-state index is 0.00417. The lowest BCUT2D eigenvalue weighted by molar-refractivity contribution is -0.116. The van der Waals surface area contributed by atoms with Gasteiger partial charge in [-0.2, -0.15) is 0 Å². The molecule has 106 valence electrons. The number of hydrogen-bond donors (Lipinski definition) is 2. The number of ketones is 1. The molecule has 0 saturated heterocycles. The Morgan fingerprint density at radius 2 is 2.00 bits per heavy atom.